The average Bonchev–Trinajstić information content (AvgIpc) is 2.63. The van der Waals surface area contributed by atoms with Crippen molar-refractivity contribution in [1.82, 2.24) is 0 Å². The summed E-state index contributed by atoms with van der Waals surface area (Å²) in [5.41, 5.74) is 2.36. The molecule has 0 aromatic heterocycles. The molecule has 124 valence electrons. The van der Waals surface area contributed by atoms with E-state index in [0.717, 1.165) is 18.8 Å². The average molecular weight is 326 g/mol. The number of benzene rings is 2. The molecule has 1 amide bonds. The maximum Gasteiger partial charge on any atom is 0.335 e. The minimum Gasteiger partial charge on any atom is -0.478 e. The van der Waals surface area contributed by atoms with Gasteiger partial charge in [0.05, 0.1) is 18.8 Å². The molecule has 0 atom stereocenters. The standard InChI is InChI=1S/C18H18N2O4/c21-17(19-15-5-1-14(2-6-15)18(22)23)13-3-7-16(8-4-13)20-9-11-24-12-10-20/h1-8H,9-12H2,(H,19,21)(H,22,23). The number of carboxylic acid groups (broad SMARTS) is 1. The largest absolute Gasteiger partial charge is 0.478 e. The summed E-state index contributed by atoms with van der Waals surface area (Å²) in [5.74, 6) is -1.22. The Morgan fingerprint density at radius 2 is 1.50 bits per heavy atom. The highest BCUT2D eigenvalue weighted by atomic mass is 16.5. The maximum atomic E-state index is 12.3. The molecule has 0 saturated carbocycles. The highest BCUT2D eigenvalue weighted by molar-refractivity contribution is 6.04. The molecule has 0 unspecified atom stereocenters. The molecule has 3 rings (SSSR count). The van der Waals surface area contributed by atoms with Crippen molar-refractivity contribution >= 4 is 23.3 Å². The maximum absolute atomic E-state index is 12.3. The predicted molar refractivity (Wildman–Crippen MR) is 90.8 cm³/mol. The Labute approximate surface area is 139 Å². The monoisotopic (exact) mass is 326 g/mol. The molecule has 0 spiro atoms. The van der Waals surface area contributed by atoms with E-state index in [0.29, 0.717) is 24.5 Å². The Hall–Kier alpha value is -2.86. The Bertz CT molecular complexity index is 720. The van der Waals surface area contributed by atoms with Gasteiger partial charge in [-0.15, -0.1) is 0 Å². The van der Waals surface area contributed by atoms with Crippen LogP contribution in [0.2, 0.25) is 0 Å². The predicted octanol–water partition coefficient (Wildman–Crippen LogP) is 2.47. The fourth-order valence-corrected chi connectivity index (χ4v) is 2.54. The molecule has 2 N–H and O–H groups in total. The van der Waals surface area contributed by atoms with Gasteiger partial charge in [-0.1, -0.05) is 0 Å². The van der Waals surface area contributed by atoms with Crippen LogP contribution in [0.5, 0.6) is 0 Å². The Balaban J connectivity index is 1.65. The van der Waals surface area contributed by atoms with Gasteiger partial charge >= 0.3 is 5.97 Å². The van der Waals surface area contributed by atoms with Crippen LogP contribution >= 0.6 is 0 Å². The molecule has 2 aromatic rings. The van der Waals surface area contributed by atoms with Gasteiger partial charge in [0.2, 0.25) is 0 Å². The van der Waals surface area contributed by atoms with Crippen LogP contribution in [-0.2, 0) is 4.74 Å². The molecule has 24 heavy (non-hydrogen) atoms. The van der Waals surface area contributed by atoms with Crippen molar-refractivity contribution in [2.45, 2.75) is 0 Å². The second-order valence-electron chi connectivity index (χ2n) is 5.48. The van der Waals surface area contributed by atoms with Crippen LogP contribution in [-0.4, -0.2) is 43.3 Å². The Morgan fingerprint density at radius 3 is 2.08 bits per heavy atom. The van der Waals surface area contributed by atoms with E-state index < -0.39 is 5.97 Å². The van der Waals surface area contributed by atoms with Gasteiger partial charge in [-0.3, -0.25) is 4.79 Å². The first-order valence-corrected chi connectivity index (χ1v) is 7.71. The van der Waals surface area contributed by atoms with Crippen LogP contribution in [0.3, 0.4) is 0 Å². The topological polar surface area (TPSA) is 78.9 Å². The molecule has 1 fully saturated rings. The van der Waals surface area contributed by atoms with Crippen molar-refractivity contribution in [3.63, 3.8) is 0 Å². The van der Waals surface area contributed by atoms with Crippen LogP contribution < -0.4 is 10.2 Å². The smallest absolute Gasteiger partial charge is 0.335 e. The lowest BCUT2D eigenvalue weighted by atomic mass is 10.1. The van der Waals surface area contributed by atoms with E-state index in [9.17, 15) is 9.59 Å². The second-order valence-corrected chi connectivity index (χ2v) is 5.48. The Morgan fingerprint density at radius 1 is 0.917 bits per heavy atom. The number of amides is 1. The number of anilines is 2. The van der Waals surface area contributed by atoms with E-state index in [1.165, 1.54) is 12.1 Å². The van der Waals surface area contributed by atoms with Gasteiger partial charge in [0.1, 0.15) is 0 Å². The number of carbonyl (C=O) groups is 2. The van der Waals surface area contributed by atoms with Gasteiger partial charge < -0.3 is 20.1 Å². The summed E-state index contributed by atoms with van der Waals surface area (Å²) in [6.45, 7) is 3.13. The number of rotatable bonds is 4. The number of aromatic carboxylic acids is 1. The van der Waals surface area contributed by atoms with Gasteiger partial charge in [-0.2, -0.15) is 0 Å². The number of morpholine rings is 1. The van der Waals surface area contributed by atoms with Crippen molar-refractivity contribution in [2.75, 3.05) is 36.5 Å². The normalized spacial score (nSPS) is 14.2. The molecule has 6 heteroatoms. The van der Waals surface area contributed by atoms with Crippen molar-refractivity contribution in [3.8, 4) is 0 Å². The second kappa shape index (κ2) is 7.14. The lowest BCUT2D eigenvalue weighted by Crippen LogP contribution is -2.36. The molecule has 1 saturated heterocycles. The van der Waals surface area contributed by atoms with Crippen LogP contribution in [0, 0.1) is 0 Å². The first-order valence-electron chi connectivity index (χ1n) is 7.71. The van der Waals surface area contributed by atoms with E-state index >= 15 is 0 Å². The van der Waals surface area contributed by atoms with E-state index in [1.54, 1.807) is 24.3 Å². The molecule has 1 aliphatic rings. The minimum absolute atomic E-state index is 0.183. The molecule has 2 aromatic carbocycles. The molecule has 1 aliphatic heterocycles. The zero-order chi connectivity index (χ0) is 16.9. The number of nitrogens with zero attached hydrogens (tertiary/aromatic N) is 1. The summed E-state index contributed by atoms with van der Waals surface area (Å²) in [6, 6.07) is 13.5. The molecular weight excluding hydrogens is 308 g/mol. The summed E-state index contributed by atoms with van der Waals surface area (Å²) >= 11 is 0. The number of hydrogen-bond donors (Lipinski definition) is 2. The van der Waals surface area contributed by atoms with Crippen LogP contribution in [0.4, 0.5) is 11.4 Å². The summed E-state index contributed by atoms with van der Waals surface area (Å²) in [7, 11) is 0. The molecular formula is C18H18N2O4. The van der Waals surface area contributed by atoms with E-state index in [-0.39, 0.29) is 11.5 Å². The highest BCUT2D eigenvalue weighted by Crippen LogP contribution is 2.18. The van der Waals surface area contributed by atoms with Crippen LogP contribution in [0.1, 0.15) is 20.7 Å². The first-order chi connectivity index (χ1) is 11.6. The van der Waals surface area contributed by atoms with Crippen molar-refractivity contribution in [1.29, 1.82) is 0 Å². The third-order valence-electron chi connectivity index (χ3n) is 3.90. The van der Waals surface area contributed by atoms with Gasteiger partial charge in [0, 0.05) is 30.0 Å². The van der Waals surface area contributed by atoms with Crippen molar-refractivity contribution in [2.24, 2.45) is 0 Å². The van der Waals surface area contributed by atoms with Crippen LogP contribution in [0.25, 0.3) is 0 Å². The fourth-order valence-electron chi connectivity index (χ4n) is 2.54. The lowest BCUT2D eigenvalue weighted by molar-refractivity contribution is 0.0696. The molecule has 6 nitrogen and oxygen atoms in total. The van der Waals surface area contributed by atoms with Gasteiger partial charge in [0.15, 0.2) is 0 Å². The SMILES string of the molecule is O=C(O)c1ccc(NC(=O)c2ccc(N3CCOCC3)cc2)cc1. The molecule has 0 radical (unpaired) electrons. The third-order valence-corrected chi connectivity index (χ3v) is 3.90. The van der Waals surface area contributed by atoms with Crippen molar-refractivity contribution in [3.05, 3.63) is 59.7 Å². The van der Waals surface area contributed by atoms with Gasteiger partial charge in [-0.05, 0) is 48.5 Å². The number of ether oxygens (including phenoxy) is 1. The van der Waals surface area contributed by atoms with Crippen LogP contribution in [0.15, 0.2) is 48.5 Å². The molecule has 0 bridgehead atoms. The summed E-state index contributed by atoms with van der Waals surface area (Å²) in [6.07, 6.45) is 0. The fraction of sp³-hybridized carbons (Fsp3) is 0.222. The summed E-state index contributed by atoms with van der Waals surface area (Å²) in [4.78, 5) is 25.3. The minimum atomic E-state index is -0.994. The number of nitrogens with one attached hydrogen (secondary N) is 1. The van der Waals surface area contributed by atoms with Gasteiger partial charge in [-0.25, -0.2) is 4.79 Å². The number of carbonyl (C=O) groups excluding carboxylic acids is 1. The van der Waals surface area contributed by atoms with E-state index in [1.807, 2.05) is 12.1 Å². The third kappa shape index (κ3) is 3.72. The zero-order valence-corrected chi connectivity index (χ0v) is 13.1. The van der Waals surface area contributed by atoms with Crippen molar-refractivity contribution < 1.29 is 19.4 Å². The highest BCUT2D eigenvalue weighted by Gasteiger charge is 2.12. The molecule has 1 heterocycles. The first kappa shape index (κ1) is 16.0. The van der Waals surface area contributed by atoms with E-state index in [4.69, 9.17) is 9.84 Å². The summed E-state index contributed by atoms with van der Waals surface area (Å²) < 4.78 is 5.33. The summed E-state index contributed by atoms with van der Waals surface area (Å²) in [5, 5.41) is 11.6. The molecule has 0 aliphatic carbocycles. The van der Waals surface area contributed by atoms with E-state index in [2.05, 4.69) is 10.2 Å². The lowest BCUT2D eigenvalue weighted by Gasteiger charge is -2.28. The Kier molecular flexibility index (Phi) is 4.77. The quantitative estimate of drug-likeness (QED) is 0.902. The number of hydrogen-bond acceptors (Lipinski definition) is 4. The van der Waals surface area contributed by atoms with Gasteiger partial charge in [0.25, 0.3) is 5.91 Å². The number of carboxylic acids is 1. The zero-order valence-electron chi connectivity index (χ0n) is 13.1.